The zero-order chi connectivity index (χ0) is 17.3. The molecule has 0 aliphatic carbocycles. The number of pyridine rings is 1. The highest BCUT2D eigenvalue weighted by atomic mass is 19.4. The Balaban J connectivity index is 1.88. The van der Waals surface area contributed by atoms with Gasteiger partial charge in [0.1, 0.15) is 6.54 Å². The highest BCUT2D eigenvalue weighted by molar-refractivity contribution is 5.76. The minimum Gasteiger partial charge on any atom is -0.313 e. The largest absolute Gasteiger partial charge is 0.417 e. The lowest BCUT2D eigenvalue weighted by atomic mass is 10.2. The average Bonchev–Trinajstić information content (AvgIpc) is 2.75. The lowest BCUT2D eigenvalue weighted by molar-refractivity contribution is -0.139. The molecule has 11 heteroatoms. The van der Waals surface area contributed by atoms with Crippen molar-refractivity contribution in [2.24, 2.45) is 0 Å². The highest BCUT2D eigenvalue weighted by Crippen LogP contribution is 2.28. The number of carbonyl (C=O) groups excluding carboxylic acids is 1. The van der Waals surface area contributed by atoms with Gasteiger partial charge in [0.05, 0.1) is 24.3 Å². The van der Waals surface area contributed by atoms with Gasteiger partial charge >= 0.3 is 18.4 Å². The van der Waals surface area contributed by atoms with Crippen molar-refractivity contribution in [3.8, 4) is 0 Å². The van der Waals surface area contributed by atoms with Crippen LogP contribution in [0.1, 0.15) is 11.3 Å². The summed E-state index contributed by atoms with van der Waals surface area (Å²) in [5.74, 6) is 0. The van der Waals surface area contributed by atoms with E-state index in [2.05, 4.69) is 10.4 Å². The summed E-state index contributed by atoms with van der Waals surface area (Å²) in [4.78, 5) is 15.9. The summed E-state index contributed by atoms with van der Waals surface area (Å²) in [7, 11) is 0. The molecule has 2 rings (SSSR count). The lowest BCUT2D eigenvalue weighted by Crippen LogP contribution is -2.43. The summed E-state index contributed by atoms with van der Waals surface area (Å²) >= 11 is 0. The molecule has 0 atom stereocenters. The molecule has 0 saturated carbocycles. The van der Waals surface area contributed by atoms with Crippen LogP contribution in [0.15, 0.2) is 18.3 Å². The van der Waals surface area contributed by atoms with Gasteiger partial charge in [-0.15, -0.1) is 0 Å². The maximum Gasteiger partial charge on any atom is 0.417 e. The minimum absolute atomic E-state index is 0.0373. The Morgan fingerprint density at radius 3 is 2.35 bits per heavy atom. The van der Waals surface area contributed by atoms with Crippen molar-refractivity contribution in [2.75, 3.05) is 19.6 Å². The lowest BCUT2D eigenvalue weighted by Gasteiger charge is -2.20. The van der Waals surface area contributed by atoms with Crippen LogP contribution in [0.2, 0.25) is 0 Å². The molecule has 1 fully saturated rings. The van der Waals surface area contributed by atoms with Crippen LogP contribution < -0.4 is 5.43 Å². The van der Waals surface area contributed by atoms with Crippen LogP contribution in [0.4, 0.5) is 31.1 Å². The fourth-order valence-electron chi connectivity index (χ4n) is 1.97. The van der Waals surface area contributed by atoms with Gasteiger partial charge in [0.15, 0.2) is 0 Å². The molecule has 0 unspecified atom stereocenters. The fraction of sp³-hybridized carbons (Fsp3) is 0.500. The first kappa shape index (κ1) is 17.3. The SMILES string of the molecule is O=C1N(CC(F)(F)F)CCN1NCc1ccc(C(F)(F)F)cn1. The zero-order valence-electron chi connectivity index (χ0n) is 11.6. The van der Waals surface area contributed by atoms with Gasteiger partial charge in [-0.25, -0.2) is 10.2 Å². The Bertz CT molecular complexity index is 556. The monoisotopic (exact) mass is 342 g/mol. The molecule has 0 spiro atoms. The number of hydrogen-bond donors (Lipinski definition) is 1. The number of carbonyl (C=O) groups is 1. The Morgan fingerprint density at radius 2 is 1.83 bits per heavy atom. The number of hydrazine groups is 1. The standard InChI is InChI=1S/C12H12F6N4O/c13-11(14,15)7-21-3-4-22(10(21)23)20-6-9-2-1-8(5-19-9)12(16,17)18/h1-2,5,20H,3-4,6-7H2. The van der Waals surface area contributed by atoms with Crippen LogP contribution in [0.5, 0.6) is 0 Å². The maximum absolute atomic E-state index is 12.4. The Morgan fingerprint density at radius 1 is 1.13 bits per heavy atom. The molecule has 2 heterocycles. The van der Waals surface area contributed by atoms with Crippen LogP contribution in [0.3, 0.4) is 0 Å². The number of hydrogen-bond acceptors (Lipinski definition) is 3. The molecule has 5 nitrogen and oxygen atoms in total. The second-order valence-corrected chi connectivity index (χ2v) is 4.84. The van der Waals surface area contributed by atoms with Crippen molar-refractivity contribution in [3.63, 3.8) is 0 Å². The third-order valence-electron chi connectivity index (χ3n) is 3.07. The molecule has 0 aromatic carbocycles. The quantitative estimate of drug-likeness (QED) is 0.855. The van der Waals surface area contributed by atoms with Gasteiger partial charge in [-0.1, -0.05) is 0 Å². The highest BCUT2D eigenvalue weighted by Gasteiger charge is 2.38. The molecule has 0 bridgehead atoms. The molecule has 1 saturated heterocycles. The maximum atomic E-state index is 12.4. The van der Waals surface area contributed by atoms with E-state index in [1.807, 2.05) is 0 Å². The minimum atomic E-state index is -4.50. The van der Waals surface area contributed by atoms with E-state index in [9.17, 15) is 31.1 Å². The van der Waals surface area contributed by atoms with E-state index in [1.165, 1.54) is 0 Å². The number of aromatic nitrogens is 1. The number of nitrogens with zero attached hydrogens (tertiary/aromatic N) is 3. The van der Waals surface area contributed by atoms with Crippen molar-refractivity contribution < 1.29 is 31.1 Å². The van der Waals surface area contributed by atoms with Gasteiger partial charge in [0, 0.05) is 12.7 Å². The third-order valence-corrected chi connectivity index (χ3v) is 3.07. The molecule has 128 valence electrons. The van der Waals surface area contributed by atoms with E-state index >= 15 is 0 Å². The van der Waals surface area contributed by atoms with E-state index in [4.69, 9.17) is 0 Å². The molecular weight excluding hydrogens is 330 g/mol. The summed E-state index contributed by atoms with van der Waals surface area (Å²) in [5.41, 5.74) is 1.87. The number of amides is 2. The van der Waals surface area contributed by atoms with Crippen LogP contribution in [0, 0.1) is 0 Å². The van der Waals surface area contributed by atoms with Crippen molar-refractivity contribution in [2.45, 2.75) is 18.9 Å². The Kier molecular flexibility index (Phi) is 4.68. The molecule has 1 aliphatic rings. The molecule has 2 amide bonds. The van der Waals surface area contributed by atoms with E-state index < -0.39 is 30.5 Å². The summed E-state index contributed by atoms with van der Waals surface area (Å²) < 4.78 is 73.9. The summed E-state index contributed by atoms with van der Waals surface area (Å²) in [6, 6.07) is 1.13. The van der Waals surface area contributed by atoms with Crippen LogP contribution in [-0.4, -0.2) is 46.7 Å². The number of halogens is 6. The first-order valence-corrected chi connectivity index (χ1v) is 6.45. The van der Waals surface area contributed by atoms with Crippen LogP contribution >= 0.6 is 0 Å². The summed E-state index contributed by atoms with van der Waals surface area (Å²) in [6.45, 7) is -1.48. The molecule has 1 aromatic rings. The number of alkyl halides is 6. The topological polar surface area (TPSA) is 48.5 Å². The normalized spacial score (nSPS) is 16.3. The first-order chi connectivity index (χ1) is 10.6. The van der Waals surface area contributed by atoms with Gasteiger partial charge < -0.3 is 4.90 Å². The van der Waals surface area contributed by atoms with Gasteiger partial charge in [-0.05, 0) is 12.1 Å². The van der Waals surface area contributed by atoms with E-state index in [0.29, 0.717) is 11.1 Å². The van der Waals surface area contributed by atoms with Gasteiger partial charge in [-0.3, -0.25) is 9.99 Å². The zero-order valence-corrected chi connectivity index (χ0v) is 11.6. The molecule has 23 heavy (non-hydrogen) atoms. The van der Waals surface area contributed by atoms with Crippen molar-refractivity contribution in [3.05, 3.63) is 29.6 Å². The molecule has 1 aromatic heterocycles. The predicted molar refractivity (Wildman–Crippen MR) is 65.8 cm³/mol. The van der Waals surface area contributed by atoms with E-state index in [-0.39, 0.29) is 25.3 Å². The predicted octanol–water partition coefficient (Wildman–Crippen LogP) is 2.40. The number of rotatable bonds is 4. The van der Waals surface area contributed by atoms with Crippen LogP contribution in [-0.2, 0) is 12.7 Å². The van der Waals surface area contributed by atoms with Crippen LogP contribution in [0.25, 0.3) is 0 Å². The Hall–Kier alpha value is -2.04. The summed E-state index contributed by atoms with van der Waals surface area (Å²) in [6.07, 6.45) is -8.33. The molecular formula is C12H12F6N4O. The molecule has 0 radical (unpaired) electrons. The first-order valence-electron chi connectivity index (χ1n) is 6.45. The third kappa shape index (κ3) is 4.71. The van der Waals surface area contributed by atoms with Gasteiger partial charge in [0.2, 0.25) is 0 Å². The summed E-state index contributed by atoms with van der Waals surface area (Å²) in [5, 5.41) is 0.977. The molecule has 1 aliphatic heterocycles. The fourth-order valence-corrected chi connectivity index (χ4v) is 1.97. The number of nitrogens with one attached hydrogen (secondary N) is 1. The number of urea groups is 1. The van der Waals surface area contributed by atoms with Crippen molar-refractivity contribution in [1.29, 1.82) is 0 Å². The van der Waals surface area contributed by atoms with Crippen molar-refractivity contribution >= 4 is 6.03 Å². The second kappa shape index (κ2) is 6.22. The average molecular weight is 342 g/mol. The Labute approximate surface area is 126 Å². The van der Waals surface area contributed by atoms with Gasteiger partial charge in [0.25, 0.3) is 0 Å². The van der Waals surface area contributed by atoms with Gasteiger partial charge in [-0.2, -0.15) is 26.3 Å². The van der Waals surface area contributed by atoms with Crippen molar-refractivity contribution in [1.82, 2.24) is 20.3 Å². The smallest absolute Gasteiger partial charge is 0.313 e. The molecule has 1 N–H and O–H groups in total. The van der Waals surface area contributed by atoms with E-state index in [1.54, 1.807) is 0 Å². The van der Waals surface area contributed by atoms with E-state index in [0.717, 1.165) is 17.1 Å². The second-order valence-electron chi connectivity index (χ2n) is 4.84.